The van der Waals surface area contributed by atoms with E-state index in [0.29, 0.717) is 17.0 Å². The molecule has 0 spiro atoms. The average Bonchev–Trinajstić information content (AvgIpc) is 2.85. The number of nitrogens with one attached hydrogen (secondary N) is 1. The molecule has 1 aromatic heterocycles. The van der Waals surface area contributed by atoms with Gasteiger partial charge in [0.1, 0.15) is 22.9 Å². The molecular weight excluding hydrogens is 310 g/mol. The van der Waals surface area contributed by atoms with Crippen molar-refractivity contribution >= 4 is 27.7 Å². The number of carbonyl (C=O) groups excluding carboxylic acids is 1. The second-order valence-corrected chi connectivity index (χ2v) is 4.93. The van der Waals surface area contributed by atoms with Gasteiger partial charge in [-0.05, 0) is 22.0 Å². The Morgan fingerprint density at radius 3 is 2.95 bits per heavy atom. The Balaban J connectivity index is 1.77. The van der Waals surface area contributed by atoms with E-state index in [2.05, 4.69) is 31.2 Å². The number of hydrogen-bond acceptors (Lipinski definition) is 4. The Morgan fingerprint density at radius 2 is 2.16 bits per heavy atom. The molecule has 1 atom stereocenters. The van der Waals surface area contributed by atoms with Crippen LogP contribution < -0.4 is 10.1 Å². The first kappa shape index (κ1) is 12.1. The van der Waals surface area contributed by atoms with Crippen molar-refractivity contribution in [3.63, 3.8) is 0 Å². The minimum absolute atomic E-state index is 0.137. The summed E-state index contributed by atoms with van der Waals surface area (Å²) in [4.78, 5) is 20.3. The number of fused-ring (bicyclic) bond motifs is 1. The van der Waals surface area contributed by atoms with Crippen LogP contribution in [-0.2, 0) is 4.79 Å². The normalized spacial score (nSPS) is 16.6. The molecule has 1 aliphatic rings. The van der Waals surface area contributed by atoms with E-state index in [9.17, 15) is 4.79 Å². The smallest absolute Gasteiger partial charge is 0.236 e. The summed E-state index contributed by atoms with van der Waals surface area (Å²) in [6, 6.07) is 7.55. The maximum atomic E-state index is 12.2. The summed E-state index contributed by atoms with van der Waals surface area (Å²) in [7, 11) is 0. The molecule has 0 aliphatic carbocycles. The Morgan fingerprint density at radius 1 is 1.32 bits per heavy atom. The standard InChI is InChI=1S/C13H10BrN3O2/c14-11-5-16-12(6-15-11)17-13(18)9-7-19-10-4-2-1-3-8(9)10/h1-6,9H,7H2,(H,16,17,18). The number of nitrogens with zero attached hydrogens (tertiary/aromatic N) is 2. The molecule has 0 radical (unpaired) electrons. The van der Waals surface area contributed by atoms with Crippen LogP contribution in [0.2, 0.25) is 0 Å². The fourth-order valence-corrected chi connectivity index (χ4v) is 2.17. The van der Waals surface area contributed by atoms with Crippen molar-refractivity contribution in [1.29, 1.82) is 0 Å². The Hall–Kier alpha value is -1.95. The van der Waals surface area contributed by atoms with Crippen LogP contribution in [0, 0.1) is 0 Å². The highest BCUT2D eigenvalue weighted by Crippen LogP contribution is 2.33. The van der Waals surface area contributed by atoms with Crippen LogP contribution in [-0.4, -0.2) is 22.5 Å². The maximum Gasteiger partial charge on any atom is 0.236 e. The van der Waals surface area contributed by atoms with Crippen LogP contribution in [0.5, 0.6) is 5.75 Å². The summed E-state index contributed by atoms with van der Waals surface area (Å²) in [6.45, 7) is 0.356. The number of hydrogen-bond donors (Lipinski definition) is 1. The molecule has 6 heteroatoms. The number of para-hydroxylation sites is 1. The lowest BCUT2D eigenvalue weighted by molar-refractivity contribution is -0.117. The van der Waals surface area contributed by atoms with E-state index >= 15 is 0 Å². The fraction of sp³-hybridized carbons (Fsp3) is 0.154. The van der Waals surface area contributed by atoms with Crippen molar-refractivity contribution in [2.24, 2.45) is 0 Å². The molecule has 1 amide bonds. The van der Waals surface area contributed by atoms with Gasteiger partial charge in [0.2, 0.25) is 5.91 Å². The summed E-state index contributed by atoms with van der Waals surface area (Å²) in [5, 5.41) is 2.74. The number of anilines is 1. The van der Waals surface area contributed by atoms with Gasteiger partial charge in [0.05, 0.1) is 12.4 Å². The molecule has 19 heavy (non-hydrogen) atoms. The largest absolute Gasteiger partial charge is 0.492 e. The van der Waals surface area contributed by atoms with Crippen LogP contribution in [0.1, 0.15) is 11.5 Å². The van der Waals surface area contributed by atoms with Gasteiger partial charge in [0, 0.05) is 5.56 Å². The van der Waals surface area contributed by atoms with Gasteiger partial charge in [-0.25, -0.2) is 9.97 Å². The molecule has 2 heterocycles. The minimum Gasteiger partial charge on any atom is -0.492 e. The molecule has 1 N–H and O–H groups in total. The third-order valence-corrected chi connectivity index (χ3v) is 3.30. The van der Waals surface area contributed by atoms with Crippen LogP contribution in [0.25, 0.3) is 0 Å². The van der Waals surface area contributed by atoms with E-state index in [1.165, 1.54) is 12.4 Å². The Kier molecular flexibility index (Phi) is 3.16. The molecule has 2 aromatic rings. The zero-order chi connectivity index (χ0) is 13.2. The average molecular weight is 320 g/mol. The number of carbonyl (C=O) groups is 1. The lowest BCUT2D eigenvalue weighted by atomic mass is 10.0. The van der Waals surface area contributed by atoms with Gasteiger partial charge < -0.3 is 10.1 Å². The summed E-state index contributed by atoms with van der Waals surface area (Å²) < 4.78 is 6.11. The maximum absolute atomic E-state index is 12.2. The molecule has 1 unspecified atom stereocenters. The first-order valence-electron chi connectivity index (χ1n) is 5.74. The Bertz CT molecular complexity index is 616. The second-order valence-electron chi connectivity index (χ2n) is 4.12. The van der Waals surface area contributed by atoms with Crippen LogP contribution in [0.3, 0.4) is 0 Å². The molecule has 5 nitrogen and oxygen atoms in total. The number of ether oxygens (including phenoxy) is 1. The summed E-state index contributed by atoms with van der Waals surface area (Å²) in [6.07, 6.45) is 3.04. The van der Waals surface area contributed by atoms with E-state index in [0.717, 1.165) is 11.3 Å². The van der Waals surface area contributed by atoms with Crippen LogP contribution in [0.15, 0.2) is 41.3 Å². The number of benzene rings is 1. The summed E-state index contributed by atoms with van der Waals surface area (Å²) >= 11 is 3.19. The molecule has 0 fully saturated rings. The van der Waals surface area contributed by atoms with Gasteiger partial charge in [-0.3, -0.25) is 4.79 Å². The third-order valence-electron chi connectivity index (χ3n) is 2.89. The van der Waals surface area contributed by atoms with E-state index in [-0.39, 0.29) is 11.8 Å². The Labute approximate surface area is 118 Å². The van der Waals surface area contributed by atoms with Gasteiger partial charge in [0.15, 0.2) is 5.82 Å². The van der Waals surface area contributed by atoms with Gasteiger partial charge in [0.25, 0.3) is 0 Å². The lowest BCUT2D eigenvalue weighted by Crippen LogP contribution is -2.22. The van der Waals surface area contributed by atoms with E-state index in [1.54, 1.807) is 0 Å². The number of halogens is 1. The highest BCUT2D eigenvalue weighted by atomic mass is 79.9. The zero-order valence-electron chi connectivity index (χ0n) is 9.84. The van der Waals surface area contributed by atoms with Crippen LogP contribution >= 0.6 is 15.9 Å². The first-order chi connectivity index (χ1) is 9.24. The summed E-state index contributed by atoms with van der Waals surface area (Å²) in [5.41, 5.74) is 0.907. The highest BCUT2D eigenvalue weighted by molar-refractivity contribution is 9.10. The quantitative estimate of drug-likeness (QED) is 0.922. The lowest BCUT2D eigenvalue weighted by Gasteiger charge is -2.09. The van der Waals surface area contributed by atoms with Crippen molar-refractivity contribution in [3.05, 3.63) is 46.8 Å². The monoisotopic (exact) mass is 319 g/mol. The fourth-order valence-electron chi connectivity index (χ4n) is 1.97. The topological polar surface area (TPSA) is 64.1 Å². The number of rotatable bonds is 2. The van der Waals surface area contributed by atoms with Crippen molar-refractivity contribution in [2.45, 2.75) is 5.92 Å². The number of aromatic nitrogens is 2. The molecule has 0 saturated carbocycles. The molecule has 1 aromatic carbocycles. The van der Waals surface area contributed by atoms with Crippen molar-refractivity contribution in [1.82, 2.24) is 9.97 Å². The van der Waals surface area contributed by atoms with Gasteiger partial charge in [-0.2, -0.15) is 0 Å². The molecule has 0 bridgehead atoms. The predicted octanol–water partition coefficient (Wildman–Crippen LogP) is 2.35. The van der Waals surface area contributed by atoms with Crippen molar-refractivity contribution in [2.75, 3.05) is 11.9 Å². The molecular formula is C13H10BrN3O2. The van der Waals surface area contributed by atoms with E-state index in [1.807, 2.05) is 24.3 Å². The van der Waals surface area contributed by atoms with Crippen LogP contribution in [0.4, 0.5) is 5.82 Å². The molecule has 96 valence electrons. The van der Waals surface area contributed by atoms with E-state index in [4.69, 9.17) is 4.74 Å². The van der Waals surface area contributed by atoms with Crippen molar-refractivity contribution in [3.8, 4) is 5.75 Å². The molecule has 0 saturated heterocycles. The van der Waals surface area contributed by atoms with Crippen molar-refractivity contribution < 1.29 is 9.53 Å². The second kappa shape index (κ2) is 4.97. The minimum atomic E-state index is -0.304. The predicted molar refractivity (Wildman–Crippen MR) is 73.0 cm³/mol. The SMILES string of the molecule is O=C(Nc1cnc(Br)cn1)C1COc2ccccc21. The van der Waals surface area contributed by atoms with Gasteiger partial charge in [-0.15, -0.1) is 0 Å². The molecule has 3 rings (SSSR count). The first-order valence-corrected chi connectivity index (χ1v) is 6.53. The van der Waals surface area contributed by atoms with E-state index < -0.39 is 0 Å². The summed E-state index contributed by atoms with van der Waals surface area (Å²) in [5.74, 6) is 0.755. The van der Waals surface area contributed by atoms with Gasteiger partial charge in [-0.1, -0.05) is 18.2 Å². The highest BCUT2D eigenvalue weighted by Gasteiger charge is 2.30. The number of amides is 1. The molecule has 1 aliphatic heterocycles. The third kappa shape index (κ3) is 2.44. The van der Waals surface area contributed by atoms with Gasteiger partial charge >= 0.3 is 0 Å². The zero-order valence-corrected chi connectivity index (χ0v) is 11.4.